The molecule has 1 amide bonds. The molecule has 0 aliphatic carbocycles. The average molecular weight is 341 g/mol. The van der Waals surface area contributed by atoms with Crippen LogP contribution in [-0.4, -0.2) is 37.1 Å². The van der Waals surface area contributed by atoms with Gasteiger partial charge in [-0.3, -0.25) is 9.69 Å². The Labute approximate surface area is 128 Å². The van der Waals surface area contributed by atoms with Crippen LogP contribution in [0.4, 0.5) is 0 Å². The number of primary amides is 1. The molecular formula is C15H21BrN2O2. The van der Waals surface area contributed by atoms with E-state index in [2.05, 4.69) is 15.9 Å². The number of carbonyl (C=O) groups is 1. The highest BCUT2D eigenvalue weighted by Crippen LogP contribution is 2.24. The van der Waals surface area contributed by atoms with Crippen molar-refractivity contribution in [1.82, 2.24) is 4.90 Å². The zero-order valence-electron chi connectivity index (χ0n) is 11.7. The number of hydrogen-bond donors (Lipinski definition) is 1. The van der Waals surface area contributed by atoms with Crippen LogP contribution in [0.2, 0.25) is 0 Å². The molecule has 110 valence electrons. The molecule has 0 radical (unpaired) electrons. The first-order chi connectivity index (χ1) is 9.58. The summed E-state index contributed by atoms with van der Waals surface area (Å²) in [6.07, 6.45) is 3.57. The third kappa shape index (κ3) is 4.04. The molecule has 1 heterocycles. The Bertz CT molecular complexity index is 461. The molecule has 2 rings (SSSR count). The minimum atomic E-state index is -0.418. The van der Waals surface area contributed by atoms with Gasteiger partial charge in [-0.15, -0.1) is 0 Å². The fraction of sp³-hybridized carbons (Fsp3) is 0.533. The first-order valence-corrected chi connectivity index (χ1v) is 7.74. The molecule has 5 heteroatoms. The van der Waals surface area contributed by atoms with Gasteiger partial charge >= 0.3 is 0 Å². The number of halogens is 1. The highest BCUT2D eigenvalue weighted by Gasteiger charge is 2.26. The monoisotopic (exact) mass is 340 g/mol. The summed E-state index contributed by atoms with van der Waals surface area (Å²) in [5.41, 5.74) is 6.50. The molecule has 1 saturated heterocycles. The summed E-state index contributed by atoms with van der Waals surface area (Å²) in [7, 11) is 1.92. The van der Waals surface area contributed by atoms with E-state index in [1.54, 1.807) is 0 Å². The second kappa shape index (κ2) is 7.20. The Hall–Kier alpha value is -0.910. The second-order valence-corrected chi connectivity index (χ2v) is 6.20. The molecule has 2 atom stereocenters. The molecule has 1 aromatic carbocycles. The van der Waals surface area contributed by atoms with Gasteiger partial charge in [-0.25, -0.2) is 0 Å². The van der Waals surface area contributed by atoms with Crippen molar-refractivity contribution in [2.45, 2.75) is 31.4 Å². The number of benzene rings is 1. The van der Waals surface area contributed by atoms with Crippen LogP contribution in [0.5, 0.6) is 0 Å². The molecule has 4 nitrogen and oxygen atoms in total. The minimum absolute atomic E-state index is 0.197. The SMILES string of the molecule is CN(C[C@H]1CCCCO1)[C@H](C(N)=O)c1cccc(Br)c1. The first kappa shape index (κ1) is 15.5. The van der Waals surface area contributed by atoms with Crippen molar-refractivity contribution in [1.29, 1.82) is 0 Å². The summed E-state index contributed by atoms with van der Waals surface area (Å²) in [4.78, 5) is 13.8. The van der Waals surface area contributed by atoms with Gasteiger partial charge in [-0.2, -0.15) is 0 Å². The number of nitrogens with zero attached hydrogens (tertiary/aromatic N) is 1. The lowest BCUT2D eigenvalue weighted by Crippen LogP contribution is -2.41. The predicted octanol–water partition coefficient (Wildman–Crippen LogP) is 2.48. The Kier molecular flexibility index (Phi) is 5.57. The number of rotatable bonds is 5. The summed E-state index contributed by atoms with van der Waals surface area (Å²) < 4.78 is 6.68. The Morgan fingerprint density at radius 1 is 1.55 bits per heavy atom. The summed E-state index contributed by atoms with van der Waals surface area (Å²) >= 11 is 3.43. The van der Waals surface area contributed by atoms with Gasteiger partial charge < -0.3 is 10.5 Å². The number of amides is 1. The normalized spacial score (nSPS) is 20.9. The van der Waals surface area contributed by atoms with E-state index >= 15 is 0 Å². The smallest absolute Gasteiger partial charge is 0.239 e. The highest BCUT2D eigenvalue weighted by atomic mass is 79.9. The molecule has 1 aliphatic rings. The van der Waals surface area contributed by atoms with Crippen LogP contribution in [0, 0.1) is 0 Å². The maximum absolute atomic E-state index is 11.8. The number of hydrogen-bond acceptors (Lipinski definition) is 3. The van der Waals surface area contributed by atoms with Crippen molar-refractivity contribution in [3.8, 4) is 0 Å². The van der Waals surface area contributed by atoms with Crippen molar-refractivity contribution < 1.29 is 9.53 Å². The predicted molar refractivity (Wildman–Crippen MR) is 82.3 cm³/mol. The van der Waals surface area contributed by atoms with E-state index in [-0.39, 0.29) is 12.0 Å². The first-order valence-electron chi connectivity index (χ1n) is 6.94. The van der Waals surface area contributed by atoms with Crippen LogP contribution >= 0.6 is 15.9 Å². The maximum Gasteiger partial charge on any atom is 0.239 e. The molecular weight excluding hydrogens is 320 g/mol. The van der Waals surface area contributed by atoms with E-state index in [0.717, 1.165) is 36.0 Å². The third-order valence-electron chi connectivity index (χ3n) is 3.64. The summed E-state index contributed by atoms with van der Waals surface area (Å²) in [6.45, 7) is 1.54. The van der Waals surface area contributed by atoms with Crippen LogP contribution in [0.3, 0.4) is 0 Å². The number of nitrogens with two attached hydrogens (primary N) is 1. The van der Waals surface area contributed by atoms with Gasteiger partial charge in [0.2, 0.25) is 5.91 Å². The fourth-order valence-electron chi connectivity index (χ4n) is 2.69. The molecule has 0 unspecified atom stereocenters. The quantitative estimate of drug-likeness (QED) is 0.895. The molecule has 0 aromatic heterocycles. The van der Waals surface area contributed by atoms with Crippen molar-refractivity contribution >= 4 is 21.8 Å². The van der Waals surface area contributed by atoms with Crippen LogP contribution < -0.4 is 5.73 Å². The van der Waals surface area contributed by atoms with E-state index < -0.39 is 6.04 Å². The van der Waals surface area contributed by atoms with E-state index in [0.29, 0.717) is 0 Å². The Balaban J connectivity index is 2.09. The van der Waals surface area contributed by atoms with Crippen LogP contribution in [0.15, 0.2) is 28.7 Å². The van der Waals surface area contributed by atoms with E-state index in [4.69, 9.17) is 10.5 Å². The van der Waals surface area contributed by atoms with Gasteiger partial charge in [-0.05, 0) is 44.0 Å². The minimum Gasteiger partial charge on any atom is -0.377 e. The molecule has 1 aromatic rings. The van der Waals surface area contributed by atoms with E-state index in [1.165, 1.54) is 6.42 Å². The van der Waals surface area contributed by atoms with Crippen molar-refractivity contribution in [2.75, 3.05) is 20.2 Å². The van der Waals surface area contributed by atoms with Crippen molar-refractivity contribution in [3.63, 3.8) is 0 Å². The molecule has 0 bridgehead atoms. The van der Waals surface area contributed by atoms with Crippen LogP contribution in [-0.2, 0) is 9.53 Å². The zero-order chi connectivity index (χ0) is 14.5. The van der Waals surface area contributed by atoms with E-state index in [9.17, 15) is 4.79 Å². The Morgan fingerprint density at radius 3 is 2.95 bits per heavy atom. The largest absolute Gasteiger partial charge is 0.377 e. The molecule has 2 N–H and O–H groups in total. The number of likely N-dealkylation sites (N-methyl/N-ethyl adjacent to an activating group) is 1. The van der Waals surface area contributed by atoms with Crippen LogP contribution in [0.25, 0.3) is 0 Å². The highest BCUT2D eigenvalue weighted by molar-refractivity contribution is 9.10. The van der Waals surface area contributed by atoms with Gasteiger partial charge in [-0.1, -0.05) is 28.1 Å². The lowest BCUT2D eigenvalue weighted by Gasteiger charge is -2.31. The van der Waals surface area contributed by atoms with Gasteiger partial charge in [0.15, 0.2) is 0 Å². The molecule has 1 fully saturated rings. The zero-order valence-corrected chi connectivity index (χ0v) is 13.3. The van der Waals surface area contributed by atoms with Crippen LogP contribution in [0.1, 0.15) is 30.9 Å². The van der Waals surface area contributed by atoms with Gasteiger partial charge in [0.25, 0.3) is 0 Å². The molecule has 1 aliphatic heterocycles. The van der Waals surface area contributed by atoms with Gasteiger partial charge in [0.1, 0.15) is 6.04 Å². The van der Waals surface area contributed by atoms with E-state index in [1.807, 2.05) is 36.2 Å². The lowest BCUT2D eigenvalue weighted by molar-refractivity contribution is -0.123. The summed E-state index contributed by atoms with van der Waals surface area (Å²) in [6, 6.07) is 7.30. The Morgan fingerprint density at radius 2 is 2.35 bits per heavy atom. The lowest BCUT2D eigenvalue weighted by atomic mass is 10.0. The topological polar surface area (TPSA) is 55.6 Å². The molecule has 0 spiro atoms. The number of ether oxygens (including phenoxy) is 1. The van der Waals surface area contributed by atoms with Gasteiger partial charge in [0.05, 0.1) is 6.10 Å². The average Bonchev–Trinajstić information content (AvgIpc) is 2.39. The maximum atomic E-state index is 11.8. The molecule has 20 heavy (non-hydrogen) atoms. The van der Waals surface area contributed by atoms with Crippen molar-refractivity contribution in [3.05, 3.63) is 34.3 Å². The van der Waals surface area contributed by atoms with Crippen molar-refractivity contribution in [2.24, 2.45) is 5.73 Å². The second-order valence-electron chi connectivity index (χ2n) is 5.29. The molecule has 0 saturated carbocycles. The number of carbonyl (C=O) groups excluding carboxylic acids is 1. The summed E-state index contributed by atoms with van der Waals surface area (Å²) in [5.74, 6) is -0.332. The third-order valence-corrected chi connectivity index (χ3v) is 4.13. The fourth-order valence-corrected chi connectivity index (χ4v) is 3.11. The van der Waals surface area contributed by atoms with Gasteiger partial charge in [0, 0.05) is 17.6 Å². The summed E-state index contributed by atoms with van der Waals surface area (Å²) in [5, 5.41) is 0. The standard InChI is InChI=1S/C15H21BrN2O2/c1-18(10-13-7-2-3-8-20-13)14(15(17)19)11-5-4-6-12(16)9-11/h4-6,9,13-14H,2-3,7-8,10H2,1H3,(H2,17,19)/t13-,14+/m1/s1.